The maximum atomic E-state index is 12.8. The van der Waals surface area contributed by atoms with Crippen LogP contribution in [-0.4, -0.2) is 96.0 Å². The third-order valence-electron chi connectivity index (χ3n) is 10.1. The lowest BCUT2D eigenvalue weighted by Gasteiger charge is -2.40. The van der Waals surface area contributed by atoms with Crippen LogP contribution in [-0.2, 0) is 38.7 Å². The minimum absolute atomic E-state index is 0.0846. The zero-order chi connectivity index (χ0) is 46.9. The molecule has 0 amide bonds. The molecule has 12 nitrogen and oxygen atoms in total. The summed E-state index contributed by atoms with van der Waals surface area (Å²) in [6.07, 6.45) is 44.5. The molecule has 2 unspecified atom stereocenters. The maximum Gasteiger partial charge on any atom is 0.306 e. The summed E-state index contributed by atoms with van der Waals surface area (Å²) in [5.41, 5.74) is 0. The SMILES string of the molecule is CCCCC/C=C/C/C=C/C/C=C/C/C=C/C/C=C/CCC(=O)OC[C@H](CO[C@H]1O[C@H](CS(=O)(=O)O)[C@@H](O)C(O)C1O)OC(=O)CCCCCC/C=C/C/C=C/C/C=C/CCCCC. The van der Waals surface area contributed by atoms with Gasteiger partial charge in [-0.3, -0.25) is 14.1 Å². The number of ether oxygens (including phenoxy) is 4. The summed E-state index contributed by atoms with van der Waals surface area (Å²) in [5, 5.41) is 30.9. The summed E-state index contributed by atoms with van der Waals surface area (Å²) >= 11 is 0. The van der Waals surface area contributed by atoms with E-state index in [9.17, 15) is 37.9 Å². The Morgan fingerprint density at radius 2 is 0.969 bits per heavy atom. The molecule has 1 aliphatic heterocycles. The molecule has 364 valence electrons. The first-order valence-electron chi connectivity index (χ1n) is 23.8. The van der Waals surface area contributed by atoms with Crippen molar-refractivity contribution in [3.63, 3.8) is 0 Å². The van der Waals surface area contributed by atoms with Crippen molar-refractivity contribution < 1.29 is 56.8 Å². The van der Waals surface area contributed by atoms with Crippen molar-refractivity contribution in [3.8, 4) is 0 Å². The number of aliphatic hydroxyl groups excluding tert-OH is 3. The normalized spacial score (nSPS) is 20.5. The molecule has 0 aromatic heterocycles. The van der Waals surface area contributed by atoms with Gasteiger partial charge in [-0.2, -0.15) is 8.42 Å². The van der Waals surface area contributed by atoms with Crippen LogP contribution in [0, 0.1) is 0 Å². The number of carbonyl (C=O) groups excluding carboxylic acids is 2. The molecule has 1 rings (SSSR count). The summed E-state index contributed by atoms with van der Waals surface area (Å²) in [7, 11) is -4.62. The molecule has 13 heteroatoms. The topological polar surface area (TPSA) is 186 Å². The lowest BCUT2D eigenvalue weighted by molar-refractivity contribution is -0.297. The summed E-state index contributed by atoms with van der Waals surface area (Å²) in [6.45, 7) is 3.61. The molecule has 64 heavy (non-hydrogen) atoms. The number of rotatable bonds is 38. The number of allylic oxidation sites excluding steroid dienone is 16. The number of aliphatic hydroxyl groups is 3. The summed E-state index contributed by atoms with van der Waals surface area (Å²) in [5.74, 6) is -2.13. The molecule has 1 heterocycles. The van der Waals surface area contributed by atoms with Gasteiger partial charge in [-0.25, -0.2) is 0 Å². The molecular weight excluding hydrogens is 837 g/mol. The molecule has 0 saturated carbocycles. The van der Waals surface area contributed by atoms with Gasteiger partial charge in [0.25, 0.3) is 10.1 Å². The first-order chi connectivity index (χ1) is 31.0. The largest absolute Gasteiger partial charge is 0.462 e. The fraction of sp³-hybridized carbons (Fsp3) is 0.647. The maximum absolute atomic E-state index is 12.8. The molecule has 0 radical (unpaired) electrons. The second kappa shape index (κ2) is 39.9. The van der Waals surface area contributed by atoms with Crippen LogP contribution >= 0.6 is 0 Å². The van der Waals surface area contributed by atoms with E-state index in [4.69, 9.17) is 18.9 Å². The van der Waals surface area contributed by atoms with Gasteiger partial charge in [-0.15, -0.1) is 0 Å². The zero-order valence-electron chi connectivity index (χ0n) is 38.8. The van der Waals surface area contributed by atoms with E-state index < -0.39 is 71.2 Å². The van der Waals surface area contributed by atoms with Crippen LogP contribution in [0.15, 0.2) is 97.2 Å². The Labute approximate surface area is 385 Å². The van der Waals surface area contributed by atoms with Gasteiger partial charge >= 0.3 is 11.9 Å². The van der Waals surface area contributed by atoms with Gasteiger partial charge in [0.2, 0.25) is 0 Å². The van der Waals surface area contributed by atoms with Gasteiger partial charge in [0.05, 0.1) is 6.61 Å². The minimum Gasteiger partial charge on any atom is -0.462 e. The van der Waals surface area contributed by atoms with E-state index in [0.717, 1.165) is 77.0 Å². The summed E-state index contributed by atoms with van der Waals surface area (Å²) < 4.78 is 54.0. The second-order valence-corrected chi connectivity index (χ2v) is 17.6. The first-order valence-corrected chi connectivity index (χ1v) is 25.4. The monoisotopic (exact) mass is 919 g/mol. The van der Waals surface area contributed by atoms with E-state index in [1.165, 1.54) is 38.5 Å². The number of unbranched alkanes of at least 4 members (excludes halogenated alkanes) is 10. The predicted octanol–water partition coefficient (Wildman–Crippen LogP) is 10.2. The second-order valence-electron chi connectivity index (χ2n) is 16.1. The lowest BCUT2D eigenvalue weighted by atomic mass is 10.00. The Kier molecular flexibility index (Phi) is 36.5. The van der Waals surface area contributed by atoms with E-state index in [-0.39, 0.29) is 19.4 Å². The Morgan fingerprint density at radius 3 is 1.44 bits per heavy atom. The van der Waals surface area contributed by atoms with Crippen LogP contribution < -0.4 is 0 Å². The van der Waals surface area contributed by atoms with E-state index in [2.05, 4.69) is 98.9 Å². The fourth-order valence-corrected chi connectivity index (χ4v) is 7.12. The highest BCUT2D eigenvalue weighted by atomic mass is 32.2. The molecule has 0 spiro atoms. The van der Waals surface area contributed by atoms with Crippen LogP contribution in [0.4, 0.5) is 0 Å². The van der Waals surface area contributed by atoms with Crippen LogP contribution in [0.2, 0.25) is 0 Å². The number of hydrogen-bond donors (Lipinski definition) is 4. The average Bonchev–Trinajstić information content (AvgIpc) is 3.26. The molecule has 6 atom stereocenters. The van der Waals surface area contributed by atoms with Crippen LogP contribution in [0.1, 0.15) is 155 Å². The van der Waals surface area contributed by atoms with Crippen molar-refractivity contribution >= 4 is 22.1 Å². The molecule has 0 aromatic rings. The molecule has 0 bridgehead atoms. The Hall–Kier alpha value is -3.43. The van der Waals surface area contributed by atoms with Crippen molar-refractivity contribution in [1.82, 2.24) is 0 Å². The van der Waals surface area contributed by atoms with Gasteiger partial charge in [-0.05, 0) is 89.9 Å². The minimum atomic E-state index is -4.62. The molecule has 0 aliphatic carbocycles. The van der Waals surface area contributed by atoms with E-state index in [1.807, 2.05) is 12.2 Å². The number of carbonyl (C=O) groups is 2. The van der Waals surface area contributed by atoms with Crippen molar-refractivity contribution in [2.45, 2.75) is 192 Å². The lowest BCUT2D eigenvalue weighted by Crippen LogP contribution is -2.60. The van der Waals surface area contributed by atoms with Gasteiger partial charge in [-0.1, -0.05) is 150 Å². The highest BCUT2D eigenvalue weighted by Gasteiger charge is 2.46. The van der Waals surface area contributed by atoms with Crippen molar-refractivity contribution in [2.24, 2.45) is 0 Å². The smallest absolute Gasteiger partial charge is 0.306 e. The quantitative estimate of drug-likeness (QED) is 0.0199. The highest BCUT2D eigenvalue weighted by Crippen LogP contribution is 2.24. The van der Waals surface area contributed by atoms with E-state index in [1.54, 1.807) is 0 Å². The standard InChI is InChI=1S/C51H82O12S/c1-3-5-7-9-11-13-15-17-19-21-22-24-25-27-29-31-33-35-37-39-46(52)60-41-44(42-61-51-50(56)49(55)48(54)45(63-51)43-64(57,58)59)62-47(53)40-38-36-34-32-30-28-26-23-20-18-16-14-12-10-8-6-4-2/h11-14,17-20,22,24,26-29,33,35,44-45,48-51,54-56H,3-10,15-16,21,23,25,30-32,34,36-43H2,1-2H3,(H,57,58,59)/b13-11+,14-12+,19-17+,20-18+,24-22+,28-26+,29-27+,35-33+/t44-,45-,48-,49?,50?,51+/m1/s1. The van der Waals surface area contributed by atoms with Gasteiger partial charge in [0, 0.05) is 12.8 Å². The Balaban J connectivity index is 2.51. The molecule has 1 aliphatic rings. The number of hydrogen-bond acceptors (Lipinski definition) is 11. The summed E-state index contributed by atoms with van der Waals surface area (Å²) in [6, 6.07) is 0. The van der Waals surface area contributed by atoms with E-state index in [0.29, 0.717) is 12.8 Å². The third kappa shape index (κ3) is 34.0. The molecule has 4 N–H and O–H groups in total. The molecule has 0 aromatic carbocycles. The zero-order valence-corrected chi connectivity index (χ0v) is 39.7. The molecule has 1 fully saturated rings. The Bertz CT molecular complexity index is 1540. The van der Waals surface area contributed by atoms with Crippen LogP contribution in [0.25, 0.3) is 0 Å². The average molecular weight is 919 g/mol. The Morgan fingerprint density at radius 1 is 0.531 bits per heavy atom. The van der Waals surface area contributed by atoms with Crippen molar-refractivity contribution in [2.75, 3.05) is 19.0 Å². The van der Waals surface area contributed by atoms with Crippen molar-refractivity contribution in [3.05, 3.63) is 97.2 Å². The van der Waals surface area contributed by atoms with Gasteiger partial charge < -0.3 is 34.3 Å². The van der Waals surface area contributed by atoms with Gasteiger partial charge in [0.1, 0.15) is 36.8 Å². The van der Waals surface area contributed by atoms with Crippen LogP contribution in [0.3, 0.4) is 0 Å². The van der Waals surface area contributed by atoms with Crippen LogP contribution in [0.5, 0.6) is 0 Å². The van der Waals surface area contributed by atoms with Crippen molar-refractivity contribution in [1.29, 1.82) is 0 Å². The molecule has 1 saturated heterocycles. The summed E-state index contributed by atoms with van der Waals surface area (Å²) in [4.78, 5) is 25.4. The predicted molar refractivity (Wildman–Crippen MR) is 256 cm³/mol. The highest BCUT2D eigenvalue weighted by molar-refractivity contribution is 7.85. The van der Waals surface area contributed by atoms with Gasteiger partial charge in [0.15, 0.2) is 12.4 Å². The fourth-order valence-electron chi connectivity index (χ4n) is 6.43. The third-order valence-corrected chi connectivity index (χ3v) is 10.9. The first kappa shape index (κ1) is 58.6. The number of esters is 2. The van der Waals surface area contributed by atoms with E-state index >= 15 is 0 Å². The molecular formula is C51H82O12S.